The third-order valence-corrected chi connectivity index (χ3v) is 4.89. The van der Waals surface area contributed by atoms with Gasteiger partial charge in [0.1, 0.15) is 5.75 Å². The average molecular weight is 393 g/mol. The maximum Gasteiger partial charge on any atom is 0.276 e. The number of hydrogen-bond donors (Lipinski definition) is 0. The first-order valence-corrected chi connectivity index (χ1v) is 9.64. The van der Waals surface area contributed by atoms with E-state index in [0.29, 0.717) is 50.1 Å². The maximum atomic E-state index is 13.0. The molecule has 9 heteroatoms. The molecule has 1 fully saturated rings. The molecule has 0 spiro atoms. The van der Waals surface area contributed by atoms with E-state index < -0.39 is 0 Å². The van der Waals surface area contributed by atoms with Crippen molar-refractivity contribution in [1.82, 2.24) is 29.9 Å². The Morgan fingerprint density at radius 1 is 1.07 bits per heavy atom. The van der Waals surface area contributed by atoms with E-state index in [0.717, 1.165) is 11.4 Å². The molecule has 1 aliphatic heterocycles. The van der Waals surface area contributed by atoms with E-state index >= 15 is 0 Å². The second-order valence-electron chi connectivity index (χ2n) is 6.69. The molecule has 1 amide bonds. The van der Waals surface area contributed by atoms with Crippen molar-refractivity contribution in [3.05, 3.63) is 54.1 Å². The summed E-state index contributed by atoms with van der Waals surface area (Å²) in [6, 6.07) is 9.36. The Morgan fingerprint density at radius 2 is 1.76 bits per heavy atom. The van der Waals surface area contributed by atoms with E-state index in [1.807, 2.05) is 38.1 Å². The van der Waals surface area contributed by atoms with Gasteiger partial charge >= 0.3 is 0 Å². The number of anilines is 1. The average Bonchev–Trinajstić information content (AvgIpc) is 3.16. The molecule has 9 nitrogen and oxygen atoms in total. The van der Waals surface area contributed by atoms with Gasteiger partial charge in [0.05, 0.1) is 18.0 Å². The first-order valence-electron chi connectivity index (χ1n) is 9.64. The van der Waals surface area contributed by atoms with Crippen LogP contribution in [-0.4, -0.2) is 68.6 Å². The highest BCUT2D eigenvalue weighted by Gasteiger charge is 2.27. The van der Waals surface area contributed by atoms with Crippen molar-refractivity contribution in [2.24, 2.45) is 0 Å². The van der Waals surface area contributed by atoms with E-state index in [9.17, 15) is 4.79 Å². The van der Waals surface area contributed by atoms with Crippen LogP contribution in [0.15, 0.2) is 42.7 Å². The van der Waals surface area contributed by atoms with E-state index in [-0.39, 0.29) is 5.91 Å². The predicted molar refractivity (Wildman–Crippen MR) is 107 cm³/mol. The van der Waals surface area contributed by atoms with Gasteiger partial charge in [0.15, 0.2) is 5.69 Å². The van der Waals surface area contributed by atoms with Crippen LogP contribution in [0.25, 0.3) is 5.69 Å². The second-order valence-corrected chi connectivity index (χ2v) is 6.69. The molecule has 150 valence electrons. The first kappa shape index (κ1) is 18.9. The minimum Gasteiger partial charge on any atom is -0.494 e. The molecule has 29 heavy (non-hydrogen) atoms. The van der Waals surface area contributed by atoms with Gasteiger partial charge in [0.2, 0.25) is 5.95 Å². The van der Waals surface area contributed by atoms with Crippen molar-refractivity contribution >= 4 is 11.9 Å². The molecule has 3 heterocycles. The molecule has 0 radical (unpaired) electrons. The highest BCUT2D eigenvalue weighted by molar-refractivity contribution is 5.93. The third kappa shape index (κ3) is 3.89. The van der Waals surface area contributed by atoms with Crippen LogP contribution in [-0.2, 0) is 0 Å². The molecule has 0 bridgehead atoms. The van der Waals surface area contributed by atoms with Crippen LogP contribution in [0.3, 0.4) is 0 Å². The molecule has 0 atom stereocenters. The Hall–Kier alpha value is -3.49. The van der Waals surface area contributed by atoms with Gasteiger partial charge in [-0.3, -0.25) is 4.79 Å². The molecular formula is C20H23N7O2. The lowest BCUT2D eigenvalue weighted by Gasteiger charge is -2.34. The molecule has 1 saturated heterocycles. The van der Waals surface area contributed by atoms with Crippen molar-refractivity contribution in [2.75, 3.05) is 37.7 Å². The fourth-order valence-corrected chi connectivity index (χ4v) is 3.34. The van der Waals surface area contributed by atoms with Gasteiger partial charge in [0.25, 0.3) is 5.91 Å². The minimum atomic E-state index is -0.103. The number of carbonyl (C=O) groups excluding carboxylic acids is 1. The van der Waals surface area contributed by atoms with Crippen molar-refractivity contribution in [3.8, 4) is 11.4 Å². The molecular weight excluding hydrogens is 370 g/mol. The number of piperazine rings is 1. The number of amides is 1. The summed E-state index contributed by atoms with van der Waals surface area (Å²) in [5.74, 6) is 1.39. The second kappa shape index (κ2) is 8.26. The van der Waals surface area contributed by atoms with E-state index in [1.165, 1.54) is 0 Å². The third-order valence-electron chi connectivity index (χ3n) is 4.89. The van der Waals surface area contributed by atoms with Crippen LogP contribution in [0.4, 0.5) is 5.95 Å². The van der Waals surface area contributed by atoms with Crippen LogP contribution >= 0.6 is 0 Å². The lowest BCUT2D eigenvalue weighted by atomic mass is 10.2. The standard InChI is InChI=1S/C20H23N7O2/c1-3-29-17-7-5-16(6-8-17)27-15(2)18(23-24-27)19(28)25-11-13-26(14-12-25)20-21-9-4-10-22-20/h4-10H,3,11-14H2,1-2H3. The normalized spacial score (nSPS) is 14.1. The summed E-state index contributed by atoms with van der Waals surface area (Å²) in [4.78, 5) is 25.4. The molecule has 0 aliphatic carbocycles. The highest BCUT2D eigenvalue weighted by Crippen LogP contribution is 2.19. The Kier molecular flexibility index (Phi) is 5.37. The smallest absolute Gasteiger partial charge is 0.276 e. The first-order chi connectivity index (χ1) is 14.2. The monoisotopic (exact) mass is 393 g/mol. The number of benzene rings is 1. The van der Waals surface area contributed by atoms with Crippen LogP contribution in [0.2, 0.25) is 0 Å². The number of rotatable bonds is 5. The van der Waals surface area contributed by atoms with Crippen molar-refractivity contribution < 1.29 is 9.53 Å². The van der Waals surface area contributed by atoms with Crippen LogP contribution in [0, 0.1) is 6.92 Å². The van der Waals surface area contributed by atoms with Crippen LogP contribution < -0.4 is 9.64 Å². The predicted octanol–water partition coefficient (Wildman–Crippen LogP) is 1.73. The lowest BCUT2D eigenvalue weighted by Crippen LogP contribution is -2.49. The molecule has 4 rings (SSSR count). The van der Waals surface area contributed by atoms with Crippen LogP contribution in [0.5, 0.6) is 5.75 Å². The topological polar surface area (TPSA) is 89.3 Å². The fraction of sp³-hybridized carbons (Fsp3) is 0.350. The largest absolute Gasteiger partial charge is 0.494 e. The van der Waals surface area contributed by atoms with Gasteiger partial charge in [-0.25, -0.2) is 14.6 Å². The van der Waals surface area contributed by atoms with Gasteiger partial charge in [0, 0.05) is 38.6 Å². The van der Waals surface area contributed by atoms with Crippen molar-refractivity contribution in [1.29, 1.82) is 0 Å². The Balaban J connectivity index is 1.45. The Labute approximate surface area is 168 Å². The molecule has 0 N–H and O–H groups in total. The molecule has 2 aromatic heterocycles. The lowest BCUT2D eigenvalue weighted by molar-refractivity contribution is 0.0739. The van der Waals surface area contributed by atoms with E-state index in [4.69, 9.17) is 4.74 Å². The maximum absolute atomic E-state index is 13.0. The van der Waals surface area contributed by atoms with Gasteiger partial charge in [-0.05, 0) is 44.2 Å². The minimum absolute atomic E-state index is 0.103. The van der Waals surface area contributed by atoms with Gasteiger partial charge in [-0.2, -0.15) is 0 Å². The zero-order chi connectivity index (χ0) is 20.2. The van der Waals surface area contributed by atoms with E-state index in [2.05, 4.69) is 25.2 Å². The number of ether oxygens (including phenoxy) is 1. The number of hydrogen-bond acceptors (Lipinski definition) is 7. The molecule has 1 aliphatic rings. The molecule has 0 saturated carbocycles. The zero-order valence-corrected chi connectivity index (χ0v) is 16.5. The summed E-state index contributed by atoms with van der Waals surface area (Å²) in [6.45, 7) is 6.96. The van der Waals surface area contributed by atoms with Gasteiger partial charge in [-0.15, -0.1) is 5.10 Å². The zero-order valence-electron chi connectivity index (χ0n) is 16.5. The SMILES string of the molecule is CCOc1ccc(-n2nnc(C(=O)N3CCN(c4ncccn4)CC3)c2C)cc1. The summed E-state index contributed by atoms with van der Waals surface area (Å²) in [7, 11) is 0. The highest BCUT2D eigenvalue weighted by atomic mass is 16.5. The van der Waals surface area contributed by atoms with Gasteiger partial charge < -0.3 is 14.5 Å². The van der Waals surface area contributed by atoms with Crippen molar-refractivity contribution in [3.63, 3.8) is 0 Å². The summed E-state index contributed by atoms with van der Waals surface area (Å²) >= 11 is 0. The summed E-state index contributed by atoms with van der Waals surface area (Å²) in [5, 5.41) is 8.34. The van der Waals surface area contributed by atoms with Crippen LogP contribution in [0.1, 0.15) is 23.1 Å². The molecule has 0 unspecified atom stereocenters. The van der Waals surface area contributed by atoms with Crippen molar-refractivity contribution in [2.45, 2.75) is 13.8 Å². The molecule has 1 aromatic carbocycles. The van der Waals surface area contributed by atoms with E-state index in [1.54, 1.807) is 28.0 Å². The number of carbonyl (C=O) groups is 1. The fourth-order valence-electron chi connectivity index (χ4n) is 3.34. The number of aromatic nitrogens is 5. The number of nitrogens with zero attached hydrogens (tertiary/aromatic N) is 7. The van der Waals surface area contributed by atoms with Gasteiger partial charge in [-0.1, -0.05) is 5.21 Å². The quantitative estimate of drug-likeness (QED) is 0.652. The Bertz CT molecular complexity index is 964. The molecule has 3 aromatic rings. The summed E-state index contributed by atoms with van der Waals surface area (Å²) in [5.41, 5.74) is 1.93. The summed E-state index contributed by atoms with van der Waals surface area (Å²) < 4.78 is 7.15. The Morgan fingerprint density at radius 3 is 2.41 bits per heavy atom. The summed E-state index contributed by atoms with van der Waals surface area (Å²) in [6.07, 6.45) is 3.45.